The zero-order valence-electron chi connectivity index (χ0n) is 15.5. The van der Waals surface area contributed by atoms with Crippen LogP contribution in [0.5, 0.6) is 5.75 Å². The number of rotatable bonds is 7. The molecule has 26 heavy (non-hydrogen) atoms. The number of carbonyl (C=O) groups excluding carboxylic acids is 1. The smallest absolute Gasteiger partial charge is 0.237 e. The van der Waals surface area contributed by atoms with Crippen LogP contribution >= 0.6 is 11.3 Å². The van der Waals surface area contributed by atoms with Crippen LogP contribution in [0, 0.1) is 0 Å². The van der Waals surface area contributed by atoms with Crippen molar-refractivity contribution in [3.63, 3.8) is 0 Å². The lowest BCUT2D eigenvalue weighted by Crippen LogP contribution is -2.53. The van der Waals surface area contributed by atoms with Crippen LogP contribution in [0.2, 0.25) is 0 Å². The van der Waals surface area contributed by atoms with Gasteiger partial charge in [0.1, 0.15) is 5.75 Å². The highest BCUT2D eigenvalue weighted by Crippen LogP contribution is 2.15. The van der Waals surface area contributed by atoms with Gasteiger partial charge in [0.05, 0.1) is 13.2 Å². The number of methoxy groups -OCH3 is 1. The standard InChI is InChI=1S/C20H27N3O2S/c1-16(20(24)21-14-17-5-3-6-18(13-17)25-2)23-10-8-22(9-11-23)15-19-7-4-12-26-19/h3-7,12-13,16H,8-11,14-15H2,1-2H3,(H,21,24). The zero-order chi connectivity index (χ0) is 18.4. The van der Waals surface area contributed by atoms with Crippen molar-refractivity contribution in [1.82, 2.24) is 15.1 Å². The molecule has 1 atom stereocenters. The minimum atomic E-state index is -0.107. The normalized spacial score (nSPS) is 17.0. The van der Waals surface area contributed by atoms with E-state index in [4.69, 9.17) is 4.74 Å². The van der Waals surface area contributed by atoms with Crippen molar-refractivity contribution < 1.29 is 9.53 Å². The lowest BCUT2D eigenvalue weighted by Gasteiger charge is -2.37. The lowest BCUT2D eigenvalue weighted by molar-refractivity contribution is -0.126. The molecule has 1 fully saturated rings. The van der Waals surface area contributed by atoms with Crippen LogP contribution in [-0.4, -0.2) is 55.0 Å². The molecule has 1 aliphatic heterocycles. The monoisotopic (exact) mass is 373 g/mol. The largest absolute Gasteiger partial charge is 0.497 e. The Kier molecular flexibility index (Phi) is 6.66. The topological polar surface area (TPSA) is 44.8 Å². The van der Waals surface area contributed by atoms with Gasteiger partial charge in [-0.2, -0.15) is 0 Å². The summed E-state index contributed by atoms with van der Waals surface area (Å²) in [6.07, 6.45) is 0. The second kappa shape index (κ2) is 9.16. The van der Waals surface area contributed by atoms with Gasteiger partial charge in [-0.25, -0.2) is 0 Å². The van der Waals surface area contributed by atoms with E-state index in [1.54, 1.807) is 7.11 Å². The van der Waals surface area contributed by atoms with E-state index >= 15 is 0 Å². The lowest BCUT2D eigenvalue weighted by atomic mass is 10.2. The molecule has 2 heterocycles. The van der Waals surface area contributed by atoms with Crippen LogP contribution in [0.25, 0.3) is 0 Å². The first kappa shape index (κ1) is 18.9. The minimum Gasteiger partial charge on any atom is -0.497 e. The van der Waals surface area contributed by atoms with Crippen molar-refractivity contribution in [2.75, 3.05) is 33.3 Å². The number of hydrogen-bond donors (Lipinski definition) is 1. The Morgan fingerprint density at radius 2 is 2.04 bits per heavy atom. The minimum absolute atomic E-state index is 0.0829. The fourth-order valence-corrected chi connectivity index (χ4v) is 3.96. The summed E-state index contributed by atoms with van der Waals surface area (Å²) < 4.78 is 5.23. The number of benzene rings is 1. The van der Waals surface area contributed by atoms with Gasteiger partial charge < -0.3 is 10.1 Å². The molecule has 1 aromatic carbocycles. The van der Waals surface area contributed by atoms with E-state index in [2.05, 4.69) is 32.6 Å². The molecule has 0 aliphatic carbocycles. The third-order valence-electron chi connectivity index (χ3n) is 4.89. The average molecular weight is 374 g/mol. The van der Waals surface area contributed by atoms with Crippen molar-refractivity contribution in [3.8, 4) is 5.75 Å². The highest BCUT2D eigenvalue weighted by Gasteiger charge is 2.25. The van der Waals surface area contributed by atoms with E-state index in [9.17, 15) is 4.79 Å². The summed E-state index contributed by atoms with van der Waals surface area (Å²) in [7, 11) is 1.65. The van der Waals surface area contributed by atoms with Crippen LogP contribution in [0.15, 0.2) is 41.8 Å². The molecular formula is C20H27N3O2S. The maximum atomic E-state index is 12.5. The summed E-state index contributed by atoms with van der Waals surface area (Å²) in [4.78, 5) is 18.6. The molecule has 1 unspecified atom stereocenters. The molecule has 1 N–H and O–H groups in total. The Labute approximate surface area is 159 Å². The molecule has 140 valence electrons. The van der Waals surface area contributed by atoms with E-state index < -0.39 is 0 Å². The van der Waals surface area contributed by atoms with Crippen LogP contribution in [-0.2, 0) is 17.9 Å². The summed E-state index contributed by atoms with van der Waals surface area (Å²) in [5.74, 6) is 0.895. The van der Waals surface area contributed by atoms with Gasteiger partial charge in [-0.05, 0) is 36.1 Å². The number of nitrogens with zero attached hydrogens (tertiary/aromatic N) is 2. The summed E-state index contributed by atoms with van der Waals surface area (Å²) >= 11 is 1.81. The van der Waals surface area contributed by atoms with Crippen molar-refractivity contribution in [2.45, 2.75) is 26.1 Å². The Hall–Kier alpha value is -1.89. The Morgan fingerprint density at radius 3 is 2.73 bits per heavy atom. The summed E-state index contributed by atoms with van der Waals surface area (Å²) in [6.45, 7) is 7.41. The summed E-state index contributed by atoms with van der Waals surface area (Å²) in [5, 5.41) is 5.17. The van der Waals surface area contributed by atoms with Crippen LogP contribution in [0.1, 0.15) is 17.4 Å². The second-order valence-corrected chi connectivity index (χ2v) is 7.67. The van der Waals surface area contributed by atoms with E-state index in [1.165, 1.54) is 4.88 Å². The molecule has 1 amide bonds. The van der Waals surface area contributed by atoms with Gasteiger partial charge in [0.2, 0.25) is 5.91 Å². The van der Waals surface area contributed by atoms with Gasteiger partial charge in [-0.1, -0.05) is 18.2 Å². The molecule has 5 nitrogen and oxygen atoms in total. The number of nitrogens with one attached hydrogen (secondary N) is 1. The van der Waals surface area contributed by atoms with Crippen molar-refractivity contribution in [1.29, 1.82) is 0 Å². The number of ether oxygens (including phenoxy) is 1. The molecule has 0 saturated carbocycles. The van der Waals surface area contributed by atoms with E-state index in [0.29, 0.717) is 6.54 Å². The van der Waals surface area contributed by atoms with Crippen molar-refractivity contribution in [3.05, 3.63) is 52.2 Å². The predicted molar refractivity (Wildman–Crippen MR) is 105 cm³/mol. The van der Waals surface area contributed by atoms with Gasteiger partial charge >= 0.3 is 0 Å². The molecule has 1 saturated heterocycles. The van der Waals surface area contributed by atoms with Gasteiger partial charge in [-0.3, -0.25) is 14.6 Å². The van der Waals surface area contributed by atoms with Crippen molar-refractivity contribution >= 4 is 17.2 Å². The molecule has 1 aliphatic rings. The highest BCUT2D eigenvalue weighted by molar-refractivity contribution is 7.09. The van der Waals surface area contributed by atoms with Gasteiger partial charge in [0.25, 0.3) is 0 Å². The second-order valence-electron chi connectivity index (χ2n) is 6.64. The Morgan fingerprint density at radius 1 is 1.23 bits per heavy atom. The molecule has 6 heteroatoms. The number of hydrogen-bond acceptors (Lipinski definition) is 5. The molecule has 0 radical (unpaired) electrons. The number of piperazine rings is 1. The first-order chi connectivity index (χ1) is 12.7. The molecule has 3 rings (SSSR count). The fourth-order valence-electron chi connectivity index (χ4n) is 3.22. The maximum absolute atomic E-state index is 12.5. The Balaban J connectivity index is 1.43. The van der Waals surface area contributed by atoms with Crippen LogP contribution in [0.3, 0.4) is 0 Å². The van der Waals surface area contributed by atoms with Gasteiger partial charge in [0, 0.05) is 44.1 Å². The van der Waals surface area contributed by atoms with E-state index in [0.717, 1.165) is 44.0 Å². The maximum Gasteiger partial charge on any atom is 0.237 e. The quantitative estimate of drug-likeness (QED) is 0.810. The molecule has 1 aromatic heterocycles. The molecule has 2 aromatic rings. The molecule has 0 spiro atoms. The van der Waals surface area contributed by atoms with Crippen LogP contribution < -0.4 is 10.1 Å². The Bertz CT molecular complexity index is 697. The highest BCUT2D eigenvalue weighted by atomic mass is 32.1. The molecule has 0 bridgehead atoms. The average Bonchev–Trinajstić information content (AvgIpc) is 3.19. The zero-order valence-corrected chi connectivity index (χ0v) is 16.3. The van der Waals surface area contributed by atoms with Gasteiger partial charge in [-0.15, -0.1) is 11.3 Å². The third kappa shape index (κ3) is 5.06. The number of amides is 1. The fraction of sp³-hybridized carbons (Fsp3) is 0.450. The first-order valence-electron chi connectivity index (χ1n) is 9.05. The number of thiophene rings is 1. The van der Waals surface area contributed by atoms with Crippen molar-refractivity contribution in [2.24, 2.45) is 0 Å². The first-order valence-corrected chi connectivity index (χ1v) is 9.93. The summed E-state index contributed by atoms with van der Waals surface area (Å²) in [6, 6.07) is 12.0. The predicted octanol–water partition coefficient (Wildman–Crippen LogP) is 2.58. The van der Waals surface area contributed by atoms with E-state index in [1.807, 2.05) is 42.5 Å². The van der Waals surface area contributed by atoms with Gasteiger partial charge in [0.15, 0.2) is 0 Å². The third-order valence-corrected chi connectivity index (χ3v) is 5.76. The SMILES string of the molecule is COc1cccc(CNC(=O)C(C)N2CCN(Cc3cccs3)CC2)c1. The van der Waals surface area contributed by atoms with E-state index in [-0.39, 0.29) is 11.9 Å². The molecular weight excluding hydrogens is 346 g/mol. The number of carbonyl (C=O) groups is 1. The summed E-state index contributed by atoms with van der Waals surface area (Å²) in [5.41, 5.74) is 1.05. The van der Waals surface area contributed by atoms with Crippen LogP contribution in [0.4, 0.5) is 0 Å².